The number of Topliss-reactive ketones (excluding diaryl/α,β-unsaturated/α-hetero) is 1. The normalized spacial score (nSPS) is 13.1. The number of hydrogen-bond acceptors (Lipinski definition) is 7. The predicted molar refractivity (Wildman–Crippen MR) is 134 cm³/mol. The van der Waals surface area contributed by atoms with Gasteiger partial charge in [-0.2, -0.15) is 18.4 Å². The van der Waals surface area contributed by atoms with E-state index in [1.165, 1.54) is 17.4 Å². The van der Waals surface area contributed by atoms with Gasteiger partial charge in [0, 0.05) is 17.7 Å². The third-order valence-electron chi connectivity index (χ3n) is 5.67. The number of aromatic nitrogens is 2. The minimum atomic E-state index is -4.57. The molecule has 2 amide bonds. The van der Waals surface area contributed by atoms with Crippen molar-refractivity contribution in [2.24, 2.45) is 5.92 Å². The van der Waals surface area contributed by atoms with Crippen molar-refractivity contribution in [2.75, 3.05) is 10.6 Å². The summed E-state index contributed by atoms with van der Waals surface area (Å²) in [7, 11) is 0. The number of benzene rings is 2. The summed E-state index contributed by atoms with van der Waals surface area (Å²) in [5.41, 5.74) is 0.263. The number of pyridine rings is 1. The molecule has 5 rings (SSSR count). The van der Waals surface area contributed by atoms with Crippen LogP contribution in [0.1, 0.15) is 29.1 Å². The molecule has 38 heavy (non-hydrogen) atoms. The summed E-state index contributed by atoms with van der Waals surface area (Å²) in [6.45, 7) is 0. The van der Waals surface area contributed by atoms with Gasteiger partial charge in [0.25, 0.3) is 0 Å². The molecule has 2 aromatic heterocycles. The van der Waals surface area contributed by atoms with E-state index in [2.05, 4.69) is 26.7 Å². The maximum Gasteiger partial charge on any atom is 0.433 e. The van der Waals surface area contributed by atoms with Crippen LogP contribution in [0.25, 0.3) is 10.2 Å². The molecule has 0 saturated heterocycles. The fourth-order valence-corrected chi connectivity index (χ4v) is 4.74. The highest BCUT2D eigenvalue weighted by molar-refractivity contribution is 7.19. The third kappa shape index (κ3) is 5.73. The minimum Gasteiger partial charge on any atom is -0.456 e. The number of carbonyl (C=O) groups excluding carboxylic acids is 2. The number of urea groups is 1. The maximum atomic E-state index is 12.7. The Morgan fingerprint density at radius 1 is 1.11 bits per heavy atom. The van der Waals surface area contributed by atoms with Crippen molar-refractivity contribution < 1.29 is 27.5 Å². The average molecular weight is 538 g/mol. The first-order chi connectivity index (χ1) is 18.2. The molecule has 1 saturated carbocycles. The molecule has 0 bridgehead atoms. The van der Waals surface area contributed by atoms with E-state index >= 15 is 0 Å². The van der Waals surface area contributed by atoms with E-state index in [-0.39, 0.29) is 29.4 Å². The first-order valence-electron chi connectivity index (χ1n) is 11.4. The van der Waals surface area contributed by atoms with Crippen molar-refractivity contribution in [1.82, 2.24) is 9.97 Å². The second-order valence-electron chi connectivity index (χ2n) is 8.56. The zero-order valence-corrected chi connectivity index (χ0v) is 20.3. The summed E-state index contributed by atoms with van der Waals surface area (Å²) >= 11 is 1.29. The van der Waals surface area contributed by atoms with Gasteiger partial charge in [0.05, 0.1) is 28.5 Å². The first-order valence-corrected chi connectivity index (χ1v) is 12.3. The summed E-state index contributed by atoms with van der Waals surface area (Å²) in [6.07, 6.45) is -1.56. The molecule has 12 heteroatoms. The van der Waals surface area contributed by atoms with E-state index in [9.17, 15) is 28.0 Å². The lowest BCUT2D eigenvalue weighted by atomic mass is 10.2. The van der Waals surface area contributed by atoms with Crippen LogP contribution in [0.2, 0.25) is 0 Å². The maximum absolute atomic E-state index is 12.7. The van der Waals surface area contributed by atoms with Gasteiger partial charge in [-0.05, 0) is 49.2 Å². The fourth-order valence-electron chi connectivity index (χ4n) is 3.68. The zero-order valence-electron chi connectivity index (χ0n) is 19.5. The Bertz CT molecular complexity index is 1570. The molecule has 0 unspecified atom stereocenters. The number of nitrogens with zero attached hydrogens (tertiary/aromatic N) is 3. The van der Waals surface area contributed by atoms with Gasteiger partial charge in [-0.15, -0.1) is 11.3 Å². The molecule has 0 atom stereocenters. The molecule has 4 aromatic rings. The smallest absolute Gasteiger partial charge is 0.433 e. The van der Waals surface area contributed by atoms with Crippen LogP contribution < -0.4 is 15.4 Å². The van der Waals surface area contributed by atoms with Gasteiger partial charge in [0.1, 0.15) is 39.6 Å². The van der Waals surface area contributed by atoms with Crippen LogP contribution >= 0.6 is 11.3 Å². The Kier molecular flexibility index (Phi) is 6.69. The van der Waals surface area contributed by atoms with Crippen LogP contribution in [0, 0.1) is 17.2 Å². The Labute approximate surface area is 218 Å². The topological polar surface area (TPSA) is 117 Å². The number of thiazole rings is 1. The lowest BCUT2D eigenvalue weighted by Gasteiger charge is -2.11. The SMILES string of the molecule is N#Cc1c(Oc2cccc(NC(=O)Nc3ccc(C(F)(F)F)nc3)c2)ccc2nc(CC(=O)C3CC3)sc12. The fraction of sp³-hybridized carbons (Fsp3) is 0.192. The molecule has 2 heterocycles. The van der Waals surface area contributed by atoms with E-state index < -0.39 is 17.9 Å². The number of ether oxygens (including phenoxy) is 1. The first kappa shape index (κ1) is 25.2. The van der Waals surface area contributed by atoms with Crippen molar-refractivity contribution in [3.8, 4) is 17.6 Å². The summed E-state index contributed by atoms with van der Waals surface area (Å²) < 4.78 is 44.5. The van der Waals surface area contributed by atoms with Gasteiger partial charge >= 0.3 is 12.2 Å². The number of alkyl halides is 3. The number of carbonyl (C=O) groups is 2. The monoisotopic (exact) mass is 537 g/mol. The number of ketones is 1. The number of nitrogens with one attached hydrogen (secondary N) is 2. The van der Waals surface area contributed by atoms with Crippen LogP contribution in [-0.2, 0) is 17.4 Å². The number of fused-ring (bicyclic) bond motifs is 1. The van der Waals surface area contributed by atoms with Crippen molar-refractivity contribution in [3.63, 3.8) is 0 Å². The summed E-state index contributed by atoms with van der Waals surface area (Å²) in [5, 5.41) is 15.4. The highest BCUT2D eigenvalue weighted by Crippen LogP contribution is 2.36. The van der Waals surface area contributed by atoms with Crippen molar-refractivity contribution in [1.29, 1.82) is 5.26 Å². The molecule has 1 aliphatic carbocycles. The Hall–Kier alpha value is -4.50. The minimum absolute atomic E-state index is 0.0811. The van der Waals surface area contributed by atoms with E-state index in [1.807, 2.05) is 0 Å². The number of amides is 2. The predicted octanol–water partition coefficient (Wildman–Crippen LogP) is 6.54. The van der Waals surface area contributed by atoms with Crippen LogP contribution in [0.15, 0.2) is 54.7 Å². The van der Waals surface area contributed by atoms with Gasteiger partial charge in [0.2, 0.25) is 0 Å². The van der Waals surface area contributed by atoms with E-state index in [0.29, 0.717) is 32.4 Å². The second-order valence-corrected chi connectivity index (χ2v) is 9.65. The number of hydrogen-bond donors (Lipinski definition) is 2. The van der Waals surface area contributed by atoms with Crippen molar-refractivity contribution in [2.45, 2.75) is 25.4 Å². The third-order valence-corrected chi connectivity index (χ3v) is 6.75. The molecule has 0 radical (unpaired) electrons. The lowest BCUT2D eigenvalue weighted by Crippen LogP contribution is -2.19. The molecule has 1 aliphatic rings. The zero-order chi connectivity index (χ0) is 26.9. The quantitative estimate of drug-likeness (QED) is 0.276. The highest BCUT2D eigenvalue weighted by Gasteiger charge is 2.32. The Balaban J connectivity index is 1.28. The number of rotatable bonds is 7. The van der Waals surface area contributed by atoms with Gasteiger partial charge in [0.15, 0.2) is 0 Å². The lowest BCUT2D eigenvalue weighted by molar-refractivity contribution is -0.141. The van der Waals surface area contributed by atoms with Gasteiger partial charge in [-0.25, -0.2) is 14.8 Å². The Morgan fingerprint density at radius 3 is 2.58 bits per heavy atom. The van der Waals surface area contributed by atoms with Gasteiger partial charge in [-0.1, -0.05) is 6.07 Å². The standard InChI is InChI=1S/C26H18F3N5O3S/c27-26(28,29)22-9-6-16(13-31-22)33-25(36)32-15-2-1-3-17(10-15)37-21-8-7-19-24(18(21)12-30)38-23(34-19)11-20(35)14-4-5-14/h1-3,6-10,13-14H,4-5,11H2,(H2,32,33,36). The summed E-state index contributed by atoms with van der Waals surface area (Å²) in [4.78, 5) is 32.3. The highest BCUT2D eigenvalue weighted by atomic mass is 32.1. The second kappa shape index (κ2) is 10.1. The van der Waals surface area contributed by atoms with Crippen LogP contribution in [0.5, 0.6) is 11.5 Å². The number of anilines is 2. The summed E-state index contributed by atoms with van der Waals surface area (Å²) in [6, 6.07) is 13.1. The largest absolute Gasteiger partial charge is 0.456 e. The van der Waals surface area contributed by atoms with Crippen molar-refractivity contribution in [3.05, 3.63) is 71.0 Å². The van der Waals surface area contributed by atoms with Crippen LogP contribution in [0.3, 0.4) is 0 Å². The van der Waals surface area contributed by atoms with Crippen molar-refractivity contribution >= 4 is 44.7 Å². The molecular formula is C26H18F3N5O3S. The molecule has 1 fully saturated rings. The molecule has 2 N–H and O–H groups in total. The van der Waals surface area contributed by atoms with Crippen LogP contribution in [0.4, 0.5) is 29.3 Å². The summed E-state index contributed by atoms with van der Waals surface area (Å²) in [5.74, 6) is 0.928. The van der Waals surface area contributed by atoms with Gasteiger partial charge in [-0.3, -0.25) is 4.79 Å². The van der Waals surface area contributed by atoms with E-state index in [1.54, 1.807) is 30.3 Å². The number of nitriles is 1. The molecule has 0 aliphatic heterocycles. The van der Waals surface area contributed by atoms with E-state index in [0.717, 1.165) is 31.2 Å². The van der Waals surface area contributed by atoms with Crippen LogP contribution in [-0.4, -0.2) is 21.8 Å². The van der Waals surface area contributed by atoms with Gasteiger partial charge < -0.3 is 15.4 Å². The molecule has 192 valence electrons. The number of halogens is 3. The molecule has 2 aromatic carbocycles. The average Bonchev–Trinajstić information content (AvgIpc) is 3.64. The van der Waals surface area contributed by atoms with E-state index in [4.69, 9.17) is 4.74 Å². The molecule has 8 nitrogen and oxygen atoms in total. The molecule has 0 spiro atoms. The Morgan fingerprint density at radius 2 is 1.89 bits per heavy atom. The molecular weight excluding hydrogens is 519 g/mol.